The maximum atomic E-state index is 10.7. The molecule has 1 aromatic rings. The van der Waals surface area contributed by atoms with Gasteiger partial charge in [-0.3, -0.25) is 4.98 Å². The van der Waals surface area contributed by atoms with Crippen molar-refractivity contribution in [3.05, 3.63) is 29.6 Å². The van der Waals surface area contributed by atoms with Crippen LogP contribution in [0.2, 0.25) is 0 Å². The van der Waals surface area contributed by atoms with E-state index in [1.165, 1.54) is 5.56 Å². The maximum Gasteiger partial charge on any atom is 0.129 e. The molecule has 0 bridgehead atoms. The summed E-state index contributed by atoms with van der Waals surface area (Å²) in [6, 6.07) is 4.27. The van der Waals surface area contributed by atoms with Crippen LogP contribution in [0, 0.1) is 0 Å². The molecule has 0 N–H and O–H groups in total. The lowest BCUT2D eigenvalue weighted by atomic mass is 10.1. The summed E-state index contributed by atoms with van der Waals surface area (Å²) in [4.78, 5) is 15.1. The average Bonchev–Trinajstić information content (AvgIpc) is 2.51. The molecule has 0 atom stereocenters. The average molecular weight is 279 g/mol. The van der Waals surface area contributed by atoms with Gasteiger partial charge in [0, 0.05) is 18.3 Å². The van der Waals surface area contributed by atoms with Gasteiger partial charge in [0.15, 0.2) is 0 Å². The highest BCUT2D eigenvalue weighted by molar-refractivity contribution is 5.75. The van der Waals surface area contributed by atoms with Crippen molar-refractivity contribution in [1.82, 2.24) is 4.98 Å². The number of hydrogen-bond acceptors (Lipinski definition) is 2. The van der Waals surface area contributed by atoms with E-state index in [-0.39, 0.29) is 0 Å². The van der Waals surface area contributed by atoms with Crippen LogP contribution < -0.4 is 0 Å². The van der Waals surface area contributed by atoms with Crippen molar-refractivity contribution in [2.24, 2.45) is 0 Å². The molecule has 0 fully saturated rings. The Kier molecular flexibility index (Phi) is 16.8. The van der Waals surface area contributed by atoms with E-state index < -0.39 is 0 Å². The number of pyridine rings is 1. The molecule has 0 aromatic carbocycles. The summed E-state index contributed by atoms with van der Waals surface area (Å²) in [6.07, 6.45) is 8.09. The first-order valence-corrected chi connectivity index (χ1v) is 8.15. The Morgan fingerprint density at radius 1 is 1.05 bits per heavy atom. The van der Waals surface area contributed by atoms with Gasteiger partial charge >= 0.3 is 0 Å². The molecule has 20 heavy (non-hydrogen) atoms. The molecule has 1 rings (SSSR count). The van der Waals surface area contributed by atoms with E-state index in [4.69, 9.17) is 0 Å². The SMILES string of the molecule is CC.CC.CCc1ccc(CCCCCC(C)=O)cn1. The van der Waals surface area contributed by atoms with Gasteiger partial charge in [0.1, 0.15) is 5.78 Å². The number of unbranched alkanes of at least 4 members (excludes halogenated alkanes) is 2. The van der Waals surface area contributed by atoms with E-state index in [1.54, 1.807) is 6.92 Å². The maximum absolute atomic E-state index is 10.7. The highest BCUT2D eigenvalue weighted by atomic mass is 16.1. The number of Topliss-reactive ketones (excluding diaryl/α,β-unsaturated/α-hetero) is 1. The molecule has 0 saturated carbocycles. The molecule has 116 valence electrons. The molecule has 0 aliphatic rings. The Hall–Kier alpha value is -1.18. The molecule has 0 saturated heterocycles. The monoisotopic (exact) mass is 279 g/mol. The first-order chi connectivity index (χ1) is 9.72. The van der Waals surface area contributed by atoms with Crippen molar-refractivity contribution in [3.8, 4) is 0 Å². The second-order valence-corrected chi connectivity index (χ2v) is 4.27. The Labute approximate surface area is 126 Å². The van der Waals surface area contributed by atoms with Crippen LogP contribution in [0.1, 0.15) is 78.5 Å². The molecule has 0 radical (unpaired) electrons. The van der Waals surface area contributed by atoms with Crippen LogP contribution in [0.25, 0.3) is 0 Å². The second kappa shape index (κ2) is 15.9. The van der Waals surface area contributed by atoms with Gasteiger partial charge in [-0.05, 0) is 44.2 Å². The minimum Gasteiger partial charge on any atom is -0.300 e. The summed E-state index contributed by atoms with van der Waals surface area (Å²) in [5.41, 5.74) is 2.46. The van der Waals surface area contributed by atoms with Gasteiger partial charge in [0.05, 0.1) is 0 Å². The highest BCUT2D eigenvalue weighted by Crippen LogP contribution is 2.08. The molecular weight excluding hydrogens is 246 g/mol. The van der Waals surface area contributed by atoms with Gasteiger partial charge in [0.2, 0.25) is 0 Å². The van der Waals surface area contributed by atoms with Crippen molar-refractivity contribution in [3.63, 3.8) is 0 Å². The van der Waals surface area contributed by atoms with Crippen LogP contribution in [-0.4, -0.2) is 10.8 Å². The highest BCUT2D eigenvalue weighted by Gasteiger charge is 1.97. The fourth-order valence-corrected chi connectivity index (χ4v) is 1.69. The molecule has 0 amide bonds. The quantitative estimate of drug-likeness (QED) is 0.626. The minimum atomic E-state index is 0.300. The molecule has 0 unspecified atom stereocenters. The van der Waals surface area contributed by atoms with Crippen molar-refractivity contribution >= 4 is 5.78 Å². The Morgan fingerprint density at radius 3 is 2.15 bits per heavy atom. The van der Waals surface area contributed by atoms with Crippen LogP contribution in [0.4, 0.5) is 0 Å². The van der Waals surface area contributed by atoms with Crippen LogP contribution in [0.5, 0.6) is 0 Å². The van der Waals surface area contributed by atoms with Crippen LogP contribution in [0.15, 0.2) is 18.3 Å². The van der Waals surface area contributed by atoms with E-state index in [1.807, 2.05) is 33.9 Å². The number of aromatic nitrogens is 1. The van der Waals surface area contributed by atoms with Gasteiger partial charge in [-0.15, -0.1) is 0 Å². The number of ketones is 1. The molecule has 0 aliphatic heterocycles. The van der Waals surface area contributed by atoms with Crippen LogP contribution >= 0.6 is 0 Å². The van der Waals surface area contributed by atoms with Gasteiger partial charge in [-0.1, -0.05) is 47.1 Å². The minimum absolute atomic E-state index is 0.300. The summed E-state index contributed by atoms with van der Waals surface area (Å²) in [5.74, 6) is 0.300. The fourth-order valence-electron chi connectivity index (χ4n) is 1.69. The summed E-state index contributed by atoms with van der Waals surface area (Å²) in [7, 11) is 0. The molecule has 1 heterocycles. The van der Waals surface area contributed by atoms with E-state index in [0.717, 1.165) is 44.2 Å². The smallest absolute Gasteiger partial charge is 0.129 e. The van der Waals surface area contributed by atoms with Crippen molar-refractivity contribution in [2.75, 3.05) is 0 Å². The Bertz CT molecular complexity index is 317. The second-order valence-electron chi connectivity index (χ2n) is 4.27. The first-order valence-electron chi connectivity index (χ1n) is 8.15. The third-order valence-corrected chi connectivity index (χ3v) is 2.74. The summed E-state index contributed by atoms with van der Waals surface area (Å²) in [6.45, 7) is 11.8. The predicted molar refractivity (Wildman–Crippen MR) is 89.2 cm³/mol. The molecular formula is C18H33NO. The zero-order valence-electron chi connectivity index (χ0n) is 14.3. The van der Waals surface area contributed by atoms with Gasteiger partial charge in [-0.25, -0.2) is 0 Å². The lowest BCUT2D eigenvalue weighted by Crippen LogP contribution is -1.92. The number of rotatable bonds is 7. The summed E-state index contributed by atoms with van der Waals surface area (Å²) >= 11 is 0. The zero-order valence-corrected chi connectivity index (χ0v) is 14.3. The van der Waals surface area contributed by atoms with E-state index in [9.17, 15) is 4.79 Å². The topological polar surface area (TPSA) is 30.0 Å². The number of hydrogen-bond donors (Lipinski definition) is 0. The fraction of sp³-hybridized carbons (Fsp3) is 0.667. The zero-order chi connectivity index (χ0) is 15.8. The van der Waals surface area contributed by atoms with Gasteiger partial charge in [-0.2, -0.15) is 0 Å². The molecule has 0 aliphatic carbocycles. The molecule has 1 aromatic heterocycles. The number of nitrogens with zero attached hydrogens (tertiary/aromatic N) is 1. The van der Waals surface area contributed by atoms with E-state index >= 15 is 0 Å². The van der Waals surface area contributed by atoms with Gasteiger partial charge in [0.25, 0.3) is 0 Å². The molecule has 2 heteroatoms. The normalized spacial score (nSPS) is 8.90. The number of carbonyl (C=O) groups is 1. The van der Waals surface area contributed by atoms with Crippen LogP contribution in [-0.2, 0) is 17.6 Å². The molecule has 0 spiro atoms. The summed E-state index contributed by atoms with van der Waals surface area (Å²) < 4.78 is 0. The first kappa shape index (κ1) is 21.1. The van der Waals surface area contributed by atoms with E-state index in [0.29, 0.717) is 5.78 Å². The number of aryl methyl sites for hydroxylation is 2. The predicted octanol–water partition coefficient (Wildman–Crippen LogP) is 5.39. The number of carbonyl (C=O) groups excluding carboxylic acids is 1. The Morgan fingerprint density at radius 2 is 1.70 bits per heavy atom. The van der Waals surface area contributed by atoms with Crippen molar-refractivity contribution < 1.29 is 4.79 Å². The van der Waals surface area contributed by atoms with Crippen molar-refractivity contribution in [2.45, 2.75) is 80.1 Å². The van der Waals surface area contributed by atoms with Crippen LogP contribution in [0.3, 0.4) is 0 Å². The standard InChI is InChI=1S/C14H21NO.2C2H6/c1-3-14-10-9-13(11-15-14)8-6-4-5-7-12(2)16;2*1-2/h9-11H,3-8H2,1-2H3;2*1-2H3. The third kappa shape index (κ3) is 11.9. The largest absolute Gasteiger partial charge is 0.300 e. The van der Waals surface area contributed by atoms with Gasteiger partial charge < -0.3 is 4.79 Å². The summed E-state index contributed by atoms with van der Waals surface area (Å²) in [5, 5.41) is 0. The Balaban J connectivity index is 0. The molecule has 2 nitrogen and oxygen atoms in total. The van der Waals surface area contributed by atoms with Crippen molar-refractivity contribution in [1.29, 1.82) is 0 Å². The lowest BCUT2D eigenvalue weighted by molar-refractivity contribution is -0.117. The lowest BCUT2D eigenvalue weighted by Gasteiger charge is -2.02. The third-order valence-electron chi connectivity index (χ3n) is 2.74. The van der Waals surface area contributed by atoms with E-state index in [2.05, 4.69) is 24.0 Å².